The third kappa shape index (κ3) is 3.51. The fourth-order valence-electron chi connectivity index (χ4n) is 1.80. The van der Waals surface area contributed by atoms with Crippen LogP contribution in [0.25, 0.3) is 0 Å². The summed E-state index contributed by atoms with van der Waals surface area (Å²) in [4.78, 5) is 12.2. The van der Waals surface area contributed by atoms with Crippen molar-refractivity contribution in [1.82, 2.24) is 0 Å². The third-order valence-corrected chi connectivity index (χ3v) is 2.73. The maximum atomic E-state index is 13.3. The lowest BCUT2D eigenvalue weighted by Gasteiger charge is -2.11. The van der Waals surface area contributed by atoms with E-state index < -0.39 is 11.8 Å². The van der Waals surface area contributed by atoms with Crippen LogP contribution in [0, 0.1) is 5.82 Å². The third-order valence-electron chi connectivity index (χ3n) is 2.73. The van der Waals surface area contributed by atoms with Crippen molar-refractivity contribution in [3.05, 3.63) is 53.8 Å². The molecule has 0 aromatic heterocycles. The monoisotopic (exact) mass is 290 g/mol. The van der Waals surface area contributed by atoms with Crippen LogP contribution in [0.1, 0.15) is 17.3 Å². The van der Waals surface area contributed by atoms with Crippen molar-refractivity contribution in [3.63, 3.8) is 0 Å². The Hall–Kier alpha value is -2.56. The highest BCUT2D eigenvalue weighted by Crippen LogP contribution is 2.28. The summed E-state index contributed by atoms with van der Waals surface area (Å²) >= 11 is 0. The van der Waals surface area contributed by atoms with Gasteiger partial charge in [-0.05, 0) is 37.3 Å². The van der Waals surface area contributed by atoms with Gasteiger partial charge in [-0.25, -0.2) is 9.18 Å². The SMILES string of the molecule is CCOc1ccccc1OC(=O)c1cc(F)ccc1OC. The van der Waals surface area contributed by atoms with Crippen LogP contribution in [-0.4, -0.2) is 19.7 Å². The van der Waals surface area contributed by atoms with E-state index in [0.717, 1.165) is 6.07 Å². The van der Waals surface area contributed by atoms with E-state index in [-0.39, 0.29) is 17.1 Å². The van der Waals surface area contributed by atoms with Crippen LogP contribution in [0.5, 0.6) is 17.2 Å². The molecular formula is C16H15FO4. The highest BCUT2D eigenvalue weighted by atomic mass is 19.1. The highest BCUT2D eigenvalue weighted by Gasteiger charge is 2.17. The van der Waals surface area contributed by atoms with Crippen molar-refractivity contribution < 1.29 is 23.4 Å². The molecule has 0 aliphatic heterocycles. The van der Waals surface area contributed by atoms with Gasteiger partial charge < -0.3 is 14.2 Å². The smallest absolute Gasteiger partial charge is 0.347 e. The lowest BCUT2D eigenvalue weighted by Crippen LogP contribution is -2.11. The van der Waals surface area contributed by atoms with E-state index in [0.29, 0.717) is 12.4 Å². The van der Waals surface area contributed by atoms with Gasteiger partial charge in [-0.2, -0.15) is 0 Å². The van der Waals surface area contributed by atoms with Gasteiger partial charge in [0.05, 0.1) is 13.7 Å². The second-order valence-corrected chi connectivity index (χ2v) is 4.11. The zero-order valence-electron chi connectivity index (χ0n) is 11.8. The number of carbonyl (C=O) groups excluding carboxylic acids is 1. The molecule has 0 fully saturated rings. The minimum atomic E-state index is -0.710. The molecule has 110 valence electrons. The zero-order chi connectivity index (χ0) is 15.2. The number of hydrogen-bond donors (Lipinski definition) is 0. The van der Waals surface area contributed by atoms with Crippen molar-refractivity contribution in [1.29, 1.82) is 0 Å². The van der Waals surface area contributed by atoms with Crippen molar-refractivity contribution in [2.75, 3.05) is 13.7 Å². The normalized spacial score (nSPS) is 10.0. The fraction of sp³-hybridized carbons (Fsp3) is 0.188. The number of carbonyl (C=O) groups is 1. The molecule has 0 amide bonds. The van der Waals surface area contributed by atoms with Crippen LogP contribution >= 0.6 is 0 Å². The second-order valence-electron chi connectivity index (χ2n) is 4.11. The summed E-state index contributed by atoms with van der Waals surface area (Å²) in [6.45, 7) is 2.27. The van der Waals surface area contributed by atoms with Crippen molar-refractivity contribution in [2.24, 2.45) is 0 Å². The molecule has 21 heavy (non-hydrogen) atoms. The van der Waals surface area contributed by atoms with Gasteiger partial charge in [-0.15, -0.1) is 0 Å². The number of methoxy groups -OCH3 is 1. The maximum absolute atomic E-state index is 13.3. The molecule has 0 atom stereocenters. The van der Waals surface area contributed by atoms with Gasteiger partial charge >= 0.3 is 5.97 Å². The van der Waals surface area contributed by atoms with Gasteiger partial charge in [0.15, 0.2) is 11.5 Å². The molecule has 4 nitrogen and oxygen atoms in total. The molecule has 0 N–H and O–H groups in total. The predicted molar refractivity (Wildman–Crippen MR) is 75.5 cm³/mol. The number of benzene rings is 2. The molecule has 0 heterocycles. The van der Waals surface area contributed by atoms with Crippen LogP contribution in [0.2, 0.25) is 0 Å². The minimum absolute atomic E-state index is 0.0174. The van der Waals surface area contributed by atoms with E-state index in [4.69, 9.17) is 14.2 Å². The summed E-state index contributed by atoms with van der Waals surface area (Å²) in [5.41, 5.74) is 0.0174. The average Bonchev–Trinajstić information content (AvgIpc) is 2.49. The molecule has 0 saturated heterocycles. The van der Waals surface area contributed by atoms with E-state index in [1.54, 1.807) is 24.3 Å². The Bertz CT molecular complexity index is 640. The largest absolute Gasteiger partial charge is 0.496 e. The van der Waals surface area contributed by atoms with E-state index in [1.165, 1.54) is 19.2 Å². The van der Waals surface area contributed by atoms with Crippen molar-refractivity contribution in [2.45, 2.75) is 6.92 Å². The Balaban J connectivity index is 2.28. The predicted octanol–water partition coefficient (Wildman–Crippen LogP) is 3.45. The first-order valence-corrected chi connectivity index (χ1v) is 6.43. The van der Waals surface area contributed by atoms with Crippen LogP contribution in [0.3, 0.4) is 0 Å². The van der Waals surface area contributed by atoms with Gasteiger partial charge in [0.2, 0.25) is 0 Å². The Morgan fingerprint density at radius 3 is 2.48 bits per heavy atom. The molecule has 0 aliphatic rings. The molecule has 0 saturated carbocycles. The molecule has 2 aromatic carbocycles. The Labute approximate surface area is 122 Å². The molecule has 0 aliphatic carbocycles. The van der Waals surface area contributed by atoms with Crippen LogP contribution in [-0.2, 0) is 0 Å². The van der Waals surface area contributed by atoms with Gasteiger partial charge in [0.1, 0.15) is 17.1 Å². The first-order chi connectivity index (χ1) is 10.2. The fourth-order valence-corrected chi connectivity index (χ4v) is 1.80. The number of halogens is 1. The zero-order valence-corrected chi connectivity index (χ0v) is 11.8. The quantitative estimate of drug-likeness (QED) is 0.625. The van der Waals surface area contributed by atoms with E-state index in [9.17, 15) is 9.18 Å². The lowest BCUT2D eigenvalue weighted by atomic mass is 10.2. The molecule has 2 aromatic rings. The van der Waals surface area contributed by atoms with Gasteiger partial charge in [0.25, 0.3) is 0 Å². The van der Waals surface area contributed by atoms with Gasteiger partial charge in [0, 0.05) is 0 Å². The molecular weight excluding hydrogens is 275 g/mol. The maximum Gasteiger partial charge on any atom is 0.347 e. The van der Waals surface area contributed by atoms with Crippen molar-refractivity contribution >= 4 is 5.97 Å². The number of esters is 1. The molecule has 0 spiro atoms. The van der Waals surface area contributed by atoms with Crippen molar-refractivity contribution in [3.8, 4) is 17.2 Å². The van der Waals surface area contributed by atoms with Crippen LogP contribution in [0.4, 0.5) is 4.39 Å². The first-order valence-electron chi connectivity index (χ1n) is 6.43. The second kappa shape index (κ2) is 6.74. The van der Waals surface area contributed by atoms with Crippen LogP contribution < -0.4 is 14.2 Å². The molecule has 0 bridgehead atoms. The molecule has 0 radical (unpaired) electrons. The number of para-hydroxylation sites is 2. The summed E-state index contributed by atoms with van der Waals surface area (Å²) in [6, 6.07) is 10.4. The van der Waals surface area contributed by atoms with Gasteiger partial charge in [-0.1, -0.05) is 12.1 Å². The highest BCUT2D eigenvalue weighted by molar-refractivity contribution is 5.94. The summed E-state index contributed by atoms with van der Waals surface area (Å²) in [5, 5.41) is 0. The summed E-state index contributed by atoms with van der Waals surface area (Å²) in [7, 11) is 1.40. The standard InChI is InChI=1S/C16H15FO4/c1-3-20-14-6-4-5-7-15(14)21-16(18)12-10-11(17)8-9-13(12)19-2/h4-10H,3H2,1-2H3. The minimum Gasteiger partial charge on any atom is -0.496 e. The summed E-state index contributed by atoms with van der Waals surface area (Å²) < 4.78 is 29.0. The average molecular weight is 290 g/mol. The Kier molecular flexibility index (Phi) is 4.77. The lowest BCUT2D eigenvalue weighted by molar-refractivity contribution is 0.0724. The number of rotatable bonds is 5. The summed E-state index contributed by atoms with van der Waals surface area (Å²) in [6.07, 6.45) is 0. The first kappa shape index (κ1) is 14.8. The number of ether oxygens (including phenoxy) is 3. The topological polar surface area (TPSA) is 44.8 Å². The van der Waals surface area contributed by atoms with Gasteiger partial charge in [-0.3, -0.25) is 0 Å². The number of hydrogen-bond acceptors (Lipinski definition) is 4. The van der Waals surface area contributed by atoms with E-state index in [1.807, 2.05) is 6.92 Å². The van der Waals surface area contributed by atoms with E-state index in [2.05, 4.69) is 0 Å². The van der Waals surface area contributed by atoms with E-state index >= 15 is 0 Å². The van der Waals surface area contributed by atoms with Crippen LogP contribution in [0.15, 0.2) is 42.5 Å². The molecule has 5 heteroatoms. The Morgan fingerprint density at radius 1 is 1.10 bits per heavy atom. The summed E-state index contributed by atoms with van der Waals surface area (Å²) in [5.74, 6) is -0.283. The Morgan fingerprint density at radius 2 is 1.81 bits per heavy atom. The molecule has 2 rings (SSSR count). The molecule has 0 unspecified atom stereocenters.